The summed E-state index contributed by atoms with van der Waals surface area (Å²) in [7, 11) is 0. The molecule has 0 aromatic heterocycles. The van der Waals surface area contributed by atoms with E-state index in [2.05, 4.69) is 33.0 Å². The zero-order chi connectivity index (χ0) is 16.0. The molecule has 1 rings (SSSR count). The summed E-state index contributed by atoms with van der Waals surface area (Å²) < 4.78 is 5.77. The lowest BCUT2D eigenvalue weighted by atomic mass is 9.93. The van der Waals surface area contributed by atoms with Gasteiger partial charge in [-0.25, -0.2) is 0 Å². The highest BCUT2D eigenvalue weighted by Gasteiger charge is 2.25. The van der Waals surface area contributed by atoms with E-state index >= 15 is 0 Å². The van der Waals surface area contributed by atoms with E-state index in [1.165, 1.54) is 0 Å². The molecule has 1 atom stereocenters. The second-order valence-corrected chi connectivity index (χ2v) is 6.37. The maximum absolute atomic E-state index is 12.4. The Morgan fingerprint density at radius 2 is 1.76 bits per heavy atom. The van der Waals surface area contributed by atoms with Gasteiger partial charge in [0.1, 0.15) is 5.75 Å². The van der Waals surface area contributed by atoms with Gasteiger partial charge in [0, 0.05) is 6.04 Å². The van der Waals surface area contributed by atoms with E-state index < -0.39 is 6.10 Å². The molecular weight excluding hydrogens is 286 g/mol. The molecular formula is C17H26ClNO2. The molecule has 0 aliphatic rings. The third kappa shape index (κ3) is 5.24. The average molecular weight is 312 g/mol. The van der Waals surface area contributed by atoms with Gasteiger partial charge in [0.25, 0.3) is 5.91 Å². The van der Waals surface area contributed by atoms with Gasteiger partial charge >= 0.3 is 0 Å². The SMILES string of the molecule is CC[C@@H](Oc1ccccc1Cl)C(=O)NC(C(C)C)C(C)C. The number of amides is 1. The summed E-state index contributed by atoms with van der Waals surface area (Å²) in [5.74, 6) is 1.23. The number of carbonyl (C=O) groups is 1. The largest absolute Gasteiger partial charge is 0.479 e. The first kappa shape index (κ1) is 17.8. The zero-order valence-corrected chi connectivity index (χ0v) is 14.3. The molecule has 0 saturated heterocycles. The second kappa shape index (κ2) is 8.28. The van der Waals surface area contributed by atoms with Crippen molar-refractivity contribution >= 4 is 17.5 Å². The van der Waals surface area contributed by atoms with Crippen molar-refractivity contribution in [2.75, 3.05) is 0 Å². The molecule has 118 valence electrons. The predicted octanol–water partition coefficient (Wildman–Crippen LogP) is 4.29. The fourth-order valence-electron chi connectivity index (χ4n) is 2.38. The minimum Gasteiger partial charge on any atom is -0.479 e. The highest BCUT2D eigenvalue weighted by Crippen LogP contribution is 2.25. The Kier molecular flexibility index (Phi) is 7.03. The Balaban J connectivity index is 2.76. The van der Waals surface area contributed by atoms with E-state index in [0.29, 0.717) is 29.0 Å². The first-order valence-corrected chi connectivity index (χ1v) is 7.96. The lowest BCUT2D eigenvalue weighted by Crippen LogP contribution is -2.48. The fraction of sp³-hybridized carbons (Fsp3) is 0.588. The van der Waals surface area contributed by atoms with Crippen LogP contribution in [0.15, 0.2) is 24.3 Å². The van der Waals surface area contributed by atoms with Gasteiger partial charge in [0.2, 0.25) is 0 Å². The van der Waals surface area contributed by atoms with E-state index in [0.717, 1.165) is 0 Å². The van der Waals surface area contributed by atoms with Crippen molar-refractivity contribution in [1.82, 2.24) is 5.32 Å². The quantitative estimate of drug-likeness (QED) is 0.815. The van der Waals surface area contributed by atoms with Gasteiger partial charge in [0.05, 0.1) is 5.02 Å². The number of hydrogen-bond acceptors (Lipinski definition) is 2. The van der Waals surface area contributed by atoms with Gasteiger partial charge in [-0.3, -0.25) is 4.79 Å². The smallest absolute Gasteiger partial charge is 0.261 e. The molecule has 0 unspecified atom stereocenters. The van der Waals surface area contributed by atoms with E-state index in [9.17, 15) is 4.79 Å². The number of hydrogen-bond donors (Lipinski definition) is 1. The molecule has 1 amide bonds. The Morgan fingerprint density at radius 3 is 2.24 bits per heavy atom. The van der Waals surface area contributed by atoms with E-state index in [1.54, 1.807) is 12.1 Å². The van der Waals surface area contributed by atoms with Gasteiger partial charge in [-0.1, -0.05) is 58.4 Å². The van der Waals surface area contributed by atoms with Crippen LogP contribution in [0, 0.1) is 11.8 Å². The van der Waals surface area contributed by atoms with Crippen molar-refractivity contribution < 1.29 is 9.53 Å². The van der Waals surface area contributed by atoms with Crippen LogP contribution in [0.4, 0.5) is 0 Å². The van der Waals surface area contributed by atoms with Crippen molar-refractivity contribution in [3.63, 3.8) is 0 Å². The van der Waals surface area contributed by atoms with Crippen LogP contribution in [-0.4, -0.2) is 18.1 Å². The summed E-state index contributed by atoms with van der Waals surface area (Å²) in [5, 5.41) is 3.62. The Morgan fingerprint density at radius 1 is 1.19 bits per heavy atom. The third-order valence-electron chi connectivity index (χ3n) is 3.51. The van der Waals surface area contributed by atoms with Crippen LogP contribution >= 0.6 is 11.6 Å². The Bertz CT molecular complexity index is 452. The summed E-state index contributed by atoms with van der Waals surface area (Å²) >= 11 is 6.08. The monoisotopic (exact) mass is 311 g/mol. The molecule has 0 aliphatic heterocycles. The van der Waals surface area contributed by atoms with Crippen LogP contribution in [0.3, 0.4) is 0 Å². The average Bonchev–Trinajstić information content (AvgIpc) is 2.42. The number of ether oxygens (including phenoxy) is 1. The van der Waals surface area contributed by atoms with Crippen molar-refractivity contribution in [3.05, 3.63) is 29.3 Å². The number of carbonyl (C=O) groups excluding carboxylic acids is 1. The first-order chi connectivity index (χ1) is 9.86. The van der Waals surface area contributed by atoms with Crippen molar-refractivity contribution in [3.8, 4) is 5.75 Å². The van der Waals surface area contributed by atoms with Gasteiger partial charge in [-0.15, -0.1) is 0 Å². The van der Waals surface area contributed by atoms with Crippen molar-refractivity contribution in [2.45, 2.75) is 53.2 Å². The maximum Gasteiger partial charge on any atom is 0.261 e. The van der Waals surface area contributed by atoms with Gasteiger partial charge in [0.15, 0.2) is 6.10 Å². The molecule has 3 nitrogen and oxygen atoms in total. The van der Waals surface area contributed by atoms with Crippen LogP contribution in [0.25, 0.3) is 0 Å². The summed E-state index contributed by atoms with van der Waals surface area (Å²) in [6, 6.07) is 7.36. The van der Waals surface area contributed by atoms with Crippen molar-refractivity contribution in [1.29, 1.82) is 0 Å². The number of para-hydroxylation sites is 1. The molecule has 0 spiro atoms. The fourth-order valence-corrected chi connectivity index (χ4v) is 2.56. The number of halogens is 1. The summed E-state index contributed by atoms with van der Waals surface area (Å²) in [6.07, 6.45) is 0.0739. The third-order valence-corrected chi connectivity index (χ3v) is 3.83. The Labute approximate surface area is 133 Å². The van der Waals surface area contributed by atoms with Crippen LogP contribution < -0.4 is 10.1 Å². The standard InChI is InChI=1S/C17H26ClNO2/c1-6-14(21-15-10-8-7-9-13(15)18)17(20)19-16(11(2)3)12(4)5/h7-12,14,16H,6H2,1-5H3,(H,19,20)/t14-/m1/s1. The van der Waals surface area contributed by atoms with Gasteiger partial charge < -0.3 is 10.1 Å². The van der Waals surface area contributed by atoms with Crippen molar-refractivity contribution in [2.24, 2.45) is 11.8 Å². The van der Waals surface area contributed by atoms with E-state index in [1.807, 2.05) is 19.1 Å². The van der Waals surface area contributed by atoms with Gasteiger partial charge in [-0.05, 0) is 30.4 Å². The lowest BCUT2D eigenvalue weighted by molar-refractivity contribution is -0.129. The molecule has 1 aromatic carbocycles. The van der Waals surface area contributed by atoms with Crippen LogP contribution in [-0.2, 0) is 4.79 Å². The van der Waals surface area contributed by atoms with Gasteiger partial charge in [-0.2, -0.15) is 0 Å². The molecule has 0 heterocycles. The molecule has 1 aromatic rings. The summed E-state index contributed by atoms with van der Waals surface area (Å²) in [4.78, 5) is 12.4. The second-order valence-electron chi connectivity index (χ2n) is 5.97. The van der Waals surface area contributed by atoms with Crippen LogP contribution in [0.5, 0.6) is 5.75 Å². The number of rotatable bonds is 7. The molecule has 0 saturated carbocycles. The topological polar surface area (TPSA) is 38.3 Å². The summed E-state index contributed by atoms with van der Waals surface area (Å²) in [6.45, 7) is 10.4. The molecule has 0 radical (unpaired) electrons. The molecule has 21 heavy (non-hydrogen) atoms. The summed E-state index contributed by atoms with van der Waals surface area (Å²) in [5.41, 5.74) is 0. The van der Waals surface area contributed by atoms with E-state index in [-0.39, 0.29) is 11.9 Å². The number of benzene rings is 1. The normalized spacial score (nSPS) is 12.8. The highest BCUT2D eigenvalue weighted by molar-refractivity contribution is 6.32. The molecule has 1 N–H and O–H groups in total. The van der Waals surface area contributed by atoms with Crippen LogP contribution in [0.1, 0.15) is 41.0 Å². The minimum absolute atomic E-state index is 0.0789. The minimum atomic E-state index is -0.523. The zero-order valence-electron chi connectivity index (χ0n) is 13.5. The maximum atomic E-state index is 12.4. The molecule has 0 bridgehead atoms. The highest BCUT2D eigenvalue weighted by atomic mass is 35.5. The lowest BCUT2D eigenvalue weighted by Gasteiger charge is -2.28. The molecule has 0 fully saturated rings. The number of nitrogens with one attached hydrogen (secondary N) is 1. The predicted molar refractivity (Wildman–Crippen MR) is 87.8 cm³/mol. The Hall–Kier alpha value is -1.22. The van der Waals surface area contributed by atoms with E-state index in [4.69, 9.17) is 16.3 Å². The first-order valence-electron chi connectivity index (χ1n) is 7.58. The molecule has 0 aliphatic carbocycles. The van der Waals surface area contributed by atoms with Crippen LogP contribution in [0.2, 0.25) is 5.02 Å². The molecule has 4 heteroatoms.